The first-order chi connectivity index (χ1) is 9.61. The highest BCUT2D eigenvalue weighted by atomic mass is 16.5. The van der Waals surface area contributed by atoms with Gasteiger partial charge in [0.1, 0.15) is 5.75 Å². The van der Waals surface area contributed by atoms with Crippen molar-refractivity contribution < 1.29 is 14.6 Å². The minimum Gasteiger partial charge on any atom is -0.497 e. The summed E-state index contributed by atoms with van der Waals surface area (Å²) >= 11 is 0. The van der Waals surface area contributed by atoms with Gasteiger partial charge in [-0.25, -0.2) is 0 Å². The second-order valence-electron chi connectivity index (χ2n) is 4.48. The number of aryl methyl sites for hydroxylation is 1. The summed E-state index contributed by atoms with van der Waals surface area (Å²) in [4.78, 5) is 12.0. The van der Waals surface area contributed by atoms with Crippen molar-refractivity contribution in [2.24, 2.45) is 0 Å². The molecule has 104 valence electrons. The number of nitrogens with one attached hydrogen (secondary N) is 1. The van der Waals surface area contributed by atoms with Crippen molar-refractivity contribution in [2.45, 2.75) is 13.0 Å². The molecule has 2 rings (SSSR count). The summed E-state index contributed by atoms with van der Waals surface area (Å²) in [6, 6.07) is 14.2. The van der Waals surface area contributed by atoms with Gasteiger partial charge >= 0.3 is 0 Å². The molecule has 4 nitrogen and oxygen atoms in total. The van der Waals surface area contributed by atoms with Crippen LogP contribution >= 0.6 is 0 Å². The fourth-order valence-corrected chi connectivity index (χ4v) is 1.89. The fraction of sp³-hybridized carbons (Fsp3) is 0.188. The van der Waals surface area contributed by atoms with E-state index in [4.69, 9.17) is 4.74 Å². The van der Waals surface area contributed by atoms with Crippen LogP contribution in [0.5, 0.6) is 5.75 Å². The van der Waals surface area contributed by atoms with Gasteiger partial charge in [0.25, 0.3) is 5.91 Å². The van der Waals surface area contributed by atoms with Crippen molar-refractivity contribution in [1.82, 2.24) is 0 Å². The maximum atomic E-state index is 12.0. The molecule has 0 aliphatic rings. The summed E-state index contributed by atoms with van der Waals surface area (Å²) in [5.41, 5.74) is 2.10. The number of rotatable bonds is 4. The van der Waals surface area contributed by atoms with Crippen molar-refractivity contribution in [3.05, 3.63) is 59.7 Å². The van der Waals surface area contributed by atoms with Crippen molar-refractivity contribution in [3.8, 4) is 5.75 Å². The maximum Gasteiger partial charge on any atom is 0.257 e. The van der Waals surface area contributed by atoms with Crippen LogP contribution in [0.25, 0.3) is 0 Å². The van der Waals surface area contributed by atoms with Crippen LogP contribution in [-0.2, 0) is 4.79 Å². The van der Waals surface area contributed by atoms with Gasteiger partial charge in [0.15, 0.2) is 6.10 Å². The molecule has 2 aromatic rings. The highest BCUT2D eigenvalue weighted by molar-refractivity contribution is 5.95. The summed E-state index contributed by atoms with van der Waals surface area (Å²) in [5, 5.41) is 12.7. The molecule has 2 aromatic carbocycles. The van der Waals surface area contributed by atoms with E-state index in [2.05, 4.69) is 5.32 Å². The van der Waals surface area contributed by atoms with Crippen molar-refractivity contribution in [1.29, 1.82) is 0 Å². The van der Waals surface area contributed by atoms with Gasteiger partial charge in [-0.3, -0.25) is 4.79 Å². The minimum atomic E-state index is -1.18. The van der Waals surface area contributed by atoms with Gasteiger partial charge in [0, 0.05) is 5.69 Å². The Kier molecular flexibility index (Phi) is 4.38. The molecule has 0 aliphatic carbocycles. The Morgan fingerprint density at radius 1 is 1.20 bits per heavy atom. The highest BCUT2D eigenvalue weighted by Gasteiger charge is 2.17. The summed E-state index contributed by atoms with van der Waals surface area (Å²) in [6.07, 6.45) is -1.18. The van der Waals surface area contributed by atoms with E-state index in [9.17, 15) is 9.90 Å². The number of aliphatic hydroxyl groups is 1. The second kappa shape index (κ2) is 6.21. The molecule has 0 radical (unpaired) electrons. The standard InChI is InChI=1S/C16H17NO3/c1-11-10-13(20-2)8-9-14(11)17-16(19)15(18)12-6-4-3-5-7-12/h3-10,15,18H,1-2H3,(H,17,19). The molecule has 2 N–H and O–H groups in total. The van der Waals surface area contributed by atoms with E-state index in [0.717, 1.165) is 11.3 Å². The fourth-order valence-electron chi connectivity index (χ4n) is 1.89. The van der Waals surface area contributed by atoms with Crippen molar-refractivity contribution in [3.63, 3.8) is 0 Å². The number of ether oxygens (including phenoxy) is 1. The Morgan fingerprint density at radius 3 is 2.50 bits per heavy atom. The third-order valence-corrected chi connectivity index (χ3v) is 3.06. The van der Waals surface area contributed by atoms with Crippen LogP contribution in [0.15, 0.2) is 48.5 Å². The average Bonchev–Trinajstić information content (AvgIpc) is 2.49. The van der Waals surface area contributed by atoms with Gasteiger partial charge in [0.2, 0.25) is 0 Å². The van der Waals surface area contributed by atoms with Gasteiger partial charge in [-0.2, -0.15) is 0 Å². The topological polar surface area (TPSA) is 58.6 Å². The molecule has 0 saturated heterocycles. The molecule has 20 heavy (non-hydrogen) atoms. The lowest BCUT2D eigenvalue weighted by atomic mass is 10.1. The van der Waals surface area contributed by atoms with Crippen LogP contribution in [0.3, 0.4) is 0 Å². The van der Waals surface area contributed by atoms with E-state index in [1.807, 2.05) is 19.1 Å². The SMILES string of the molecule is COc1ccc(NC(=O)C(O)c2ccccc2)c(C)c1. The smallest absolute Gasteiger partial charge is 0.257 e. The number of carbonyl (C=O) groups is 1. The third-order valence-electron chi connectivity index (χ3n) is 3.06. The Bertz CT molecular complexity index is 596. The van der Waals surface area contributed by atoms with Crippen LogP contribution in [0.2, 0.25) is 0 Å². The minimum absolute atomic E-state index is 0.454. The van der Waals surface area contributed by atoms with Crippen LogP contribution < -0.4 is 10.1 Å². The van der Waals surface area contributed by atoms with Gasteiger partial charge in [-0.05, 0) is 36.2 Å². The lowest BCUT2D eigenvalue weighted by Crippen LogP contribution is -2.21. The predicted octanol–water partition coefficient (Wildman–Crippen LogP) is 2.68. The third kappa shape index (κ3) is 3.16. The predicted molar refractivity (Wildman–Crippen MR) is 77.8 cm³/mol. The number of anilines is 1. The molecular weight excluding hydrogens is 254 g/mol. The molecule has 0 fully saturated rings. The van der Waals surface area contributed by atoms with Crippen LogP contribution in [-0.4, -0.2) is 18.1 Å². The average molecular weight is 271 g/mol. The summed E-state index contributed by atoms with van der Waals surface area (Å²) in [7, 11) is 1.59. The molecule has 1 atom stereocenters. The number of aliphatic hydroxyl groups excluding tert-OH is 1. The van der Waals surface area contributed by atoms with Crippen LogP contribution in [0, 0.1) is 6.92 Å². The van der Waals surface area contributed by atoms with Gasteiger partial charge in [0.05, 0.1) is 7.11 Å². The van der Waals surface area contributed by atoms with E-state index in [-0.39, 0.29) is 0 Å². The first-order valence-corrected chi connectivity index (χ1v) is 6.30. The van der Waals surface area contributed by atoms with E-state index in [1.54, 1.807) is 43.5 Å². The van der Waals surface area contributed by atoms with Gasteiger partial charge in [-0.1, -0.05) is 30.3 Å². The van der Waals surface area contributed by atoms with E-state index in [1.165, 1.54) is 0 Å². The Labute approximate surface area is 118 Å². The van der Waals surface area contributed by atoms with Crippen LogP contribution in [0.4, 0.5) is 5.69 Å². The quantitative estimate of drug-likeness (QED) is 0.898. The van der Waals surface area contributed by atoms with E-state index >= 15 is 0 Å². The molecule has 0 aliphatic heterocycles. The largest absolute Gasteiger partial charge is 0.497 e. The molecule has 0 heterocycles. The Hall–Kier alpha value is -2.33. The number of methoxy groups -OCH3 is 1. The van der Waals surface area contributed by atoms with Crippen molar-refractivity contribution in [2.75, 3.05) is 12.4 Å². The number of benzene rings is 2. The van der Waals surface area contributed by atoms with Crippen molar-refractivity contribution >= 4 is 11.6 Å². The van der Waals surface area contributed by atoms with E-state index < -0.39 is 12.0 Å². The summed E-state index contributed by atoms with van der Waals surface area (Å²) < 4.78 is 5.11. The molecule has 0 aromatic heterocycles. The van der Waals surface area contributed by atoms with Gasteiger partial charge < -0.3 is 15.2 Å². The Morgan fingerprint density at radius 2 is 1.90 bits per heavy atom. The normalized spacial score (nSPS) is 11.8. The molecular formula is C16H17NO3. The summed E-state index contributed by atoms with van der Waals surface area (Å²) in [5.74, 6) is 0.272. The zero-order chi connectivity index (χ0) is 14.5. The van der Waals surface area contributed by atoms with Crippen LogP contribution in [0.1, 0.15) is 17.2 Å². The number of hydrogen-bond donors (Lipinski definition) is 2. The number of carbonyl (C=O) groups excluding carboxylic acids is 1. The molecule has 0 saturated carbocycles. The highest BCUT2D eigenvalue weighted by Crippen LogP contribution is 2.22. The lowest BCUT2D eigenvalue weighted by molar-refractivity contribution is -0.124. The maximum absolute atomic E-state index is 12.0. The van der Waals surface area contributed by atoms with E-state index in [0.29, 0.717) is 11.3 Å². The lowest BCUT2D eigenvalue weighted by Gasteiger charge is -2.13. The second-order valence-corrected chi connectivity index (χ2v) is 4.48. The first kappa shape index (κ1) is 14.1. The first-order valence-electron chi connectivity index (χ1n) is 6.30. The molecule has 1 amide bonds. The summed E-state index contributed by atoms with van der Waals surface area (Å²) in [6.45, 7) is 1.87. The molecule has 0 spiro atoms. The van der Waals surface area contributed by atoms with Gasteiger partial charge in [-0.15, -0.1) is 0 Å². The molecule has 1 unspecified atom stereocenters. The number of amides is 1. The monoisotopic (exact) mass is 271 g/mol. The zero-order valence-electron chi connectivity index (χ0n) is 11.5. The Balaban J connectivity index is 2.12. The number of hydrogen-bond acceptors (Lipinski definition) is 3. The molecule has 0 bridgehead atoms. The molecule has 4 heteroatoms. The zero-order valence-corrected chi connectivity index (χ0v) is 11.5.